The Morgan fingerprint density at radius 2 is 1.94 bits per heavy atom. The summed E-state index contributed by atoms with van der Waals surface area (Å²) >= 11 is 1.36. The van der Waals surface area contributed by atoms with Gasteiger partial charge in [0.2, 0.25) is 0 Å². The first-order valence-corrected chi connectivity index (χ1v) is 12.0. The van der Waals surface area contributed by atoms with Crippen molar-refractivity contribution in [1.82, 2.24) is 19.8 Å². The summed E-state index contributed by atoms with van der Waals surface area (Å²) in [5.41, 5.74) is 2.05. The van der Waals surface area contributed by atoms with E-state index in [4.69, 9.17) is 4.98 Å². The third-order valence-electron chi connectivity index (χ3n) is 6.57. The van der Waals surface area contributed by atoms with Crippen LogP contribution in [0.5, 0.6) is 0 Å². The maximum Gasteiger partial charge on any atom is 0.262 e. The summed E-state index contributed by atoms with van der Waals surface area (Å²) in [5, 5.41) is 3.77. The van der Waals surface area contributed by atoms with Gasteiger partial charge in [-0.25, -0.2) is 4.98 Å². The maximum atomic E-state index is 13.4. The van der Waals surface area contributed by atoms with Crippen molar-refractivity contribution in [3.8, 4) is 0 Å². The number of fused-ring (bicyclic) bond motifs is 2. The number of carbonyl (C=O) groups excluding carboxylic acids is 1. The average Bonchev–Trinajstić information content (AvgIpc) is 3.34. The lowest BCUT2D eigenvalue weighted by Gasteiger charge is -2.19. The van der Waals surface area contributed by atoms with Crippen LogP contribution in [0, 0.1) is 6.92 Å². The Kier molecular flexibility index (Phi) is 5.63. The second-order valence-corrected chi connectivity index (χ2v) is 9.69. The van der Waals surface area contributed by atoms with Crippen LogP contribution in [0.15, 0.2) is 35.1 Å². The first-order chi connectivity index (χ1) is 15.1. The lowest BCUT2D eigenvalue weighted by Crippen LogP contribution is -2.32. The number of aryl methyl sites for hydroxylation is 1. The van der Waals surface area contributed by atoms with Crippen molar-refractivity contribution < 1.29 is 4.79 Å². The van der Waals surface area contributed by atoms with Crippen molar-refractivity contribution in [2.45, 2.75) is 58.2 Å². The van der Waals surface area contributed by atoms with Gasteiger partial charge in [0.15, 0.2) is 0 Å². The molecular weight excluding hydrogens is 408 g/mol. The molecule has 7 heteroatoms. The molecule has 5 rings (SSSR count). The summed E-state index contributed by atoms with van der Waals surface area (Å²) in [7, 11) is 0. The number of nitrogens with one attached hydrogen (secondary N) is 1. The van der Waals surface area contributed by atoms with Gasteiger partial charge in [0.05, 0.1) is 10.3 Å². The van der Waals surface area contributed by atoms with Gasteiger partial charge in [-0.3, -0.25) is 19.1 Å². The van der Waals surface area contributed by atoms with Crippen LogP contribution in [0.1, 0.15) is 52.3 Å². The number of amides is 1. The molecule has 162 valence electrons. The SMILES string of the molecule is Cc1c(C(=O)NC2CCCC2)sc2nc3n(c(=O)c12)CCN(Cc1ccccc1)CC3. The zero-order valence-electron chi connectivity index (χ0n) is 17.9. The first-order valence-electron chi connectivity index (χ1n) is 11.2. The minimum Gasteiger partial charge on any atom is -0.349 e. The molecule has 1 amide bonds. The zero-order chi connectivity index (χ0) is 21.4. The van der Waals surface area contributed by atoms with Crippen molar-refractivity contribution in [2.75, 3.05) is 13.1 Å². The van der Waals surface area contributed by atoms with Gasteiger partial charge in [-0.15, -0.1) is 11.3 Å². The standard InChI is InChI=1S/C24H28N4O2S/c1-16-20-23(31-21(16)22(29)25-18-9-5-6-10-18)26-19-11-12-27(13-14-28(19)24(20)30)15-17-7-3-2-4-8-17/h2-4,7-8,18H,5-6,9-15H2,1H3,(H,25,29). The number of carbonyl (C=O) groups is 1. The number of nitrogens with zero attached hydrogens (tertiary/aromatic N) is 3. The number of rotatable bonds is 4. The number of hydrogen-bond donors (Lipinski definition) is 1. The largest absolute Gasteiger partial charge is 0.349 e. The minimum atomic E-state index is -0.0546. The Balaban J connectivity index is 1.40. The molecule has 0 saturated heterocycles. The molecule has 6 nitrogen and oxygen atoms in total. The Hall–Kier alpha value is -2.51. The Morgan fingerprint density at radius 1 is 1.16 bits per heavy atom. The molecule has 1 aliphatic carbocycles. The predicted molar refractivity (Wildman–Crippen MR) is 124 cm³/mol. The van der Waals surface area contributed by atoms with E-state index in [-0.39, 0.29) is 17.5 Å². The van der Waals surface area contributed by atoms with Gasteiger partial charge in [0.25, 0.3) is 11.5 Å². The van der Waals surface area contributed by atoms with Crippen molar-refractivity contribution in [3.05, 3.63) is 62.5 Å². The Morgan fingerprint density at radius 3 is 2.71 bits per heavy atom. The molecule has 2 aliphatic rings. The van der Waals surface area contributed by atoms with E-state index in [9.17, 15) is 9.59 Å². The number of benzene rings is 1. The van der Waals surface area contributed by atoms with Crippen LogP contribution in [0.25, 0.3) is 10.2 Å². The highest BCUT2D eigenvalue weighted by atomic mass is 32.1. The van der Waals surface area contributed by atoms with Gasteiger partial charge in [0.1, 0.15) is 10.7 Å². The normalized spacial score (nSPS) is 17.6. The number of hydrogen-bond acceptors (Lipinski definition) is 5. The van der Waals surface area contributed by atoms with Crippen LogP contribution in [0.2, 0.25) is 0 Å². The van der Waals surface area contributed by atoms with Crippen molar-refractivity contribution >= 4 is 27.5 Å². The van der Waals surface area contributed by atoms with Gasteiger partial charge in [0, 0.05) is 38.6 Å². The van der Waals surface area contributed by atoms with Crippen molar-refractivity contribution in [1.29, 1.82) is 0 Å². The fourth-order valence-corrected chi connectivity index (χ4v) is 5.92. The summed E-state index contributed by atoms with van der Waals surface area (Å²) in [4.78, 5) is 34.8. The van der Waals surface area contributed by atoms with Crippen LogP contribution in [0.3, 0.4) is 0 Å². The second kappa shape index (κ2) is 8.55. The molecule has 31 heavy (non-hydrogen) atoms. The summed E-state index contributed by atoms with van der Waals surface area (Å²) in [6.07, 6.45) is 5.17. The summed E-state index contributed by atoms with van der Waals surface area (Å²) in [5.74, 6) is 0.776. The molecule has 1 fully saturated rings. The zero-order valence-corrected chi connectivity index (χ0v) is 18.7. The van der Waals surface area contributed by atoms with Gasteiger partial charge in [-0.1, -0.05) is 43.2 Å². The van der Waals surface area contributed by atoms with Gasteiger partial charge in [-0.05, 0) is 30.9 Å². The topological polar surface area (TPSA) is 67.2 Å². The molecule has 1 saturated carbocycles. The molecule has 1 N–H and O–H groups in total. The molecule has 0 radical (unpaired) electrons. The molecule has 1 aromatic carbocycles. The van der Waals surface area contributed by atoms with Crippen LogP contribution >= 0.6 is 11.3 Å². The summed E-state index contributed by atoms with van der Waals surface area (Å²) < 4.78 is 1.83. The summed E-state index contributed by atoms with van der Waals surface area (Å²) in [6, 6.07) is 10.7. The monoisotopic (exact) mass is 436 g/mol. The van der Waals surface area contributed by atoms with E-state index in [0.717, 1.165) is 50.3 Å². The number of aromatic nitrogens is 2. The van der Waals surface area contributed by atoms with E-state index in [2.05, 4.69) is 34.5 Å². The maximum absolute atomic E-state index is 13.4. The van der Waals surface area contributed by atoms with E-state index in [1.54, 1.807) is 0 Å². The lowest BCUT2D eigenvalue weighted by molar-refractivity contribution is 0.0941. The van der Waals surface area contributed by atoms with Crippen LogP contribution < -0.4 is 10.9 Å². The van der Waals surface area contributed by atoms with Crippen molar-refractivity contribution in [2.24, 2.45) is 0 Å². The summed E-state index contributed by atoms with van der Waals surface area (Å²) in [6.45, 7) is 5.07. The van der Waals surface area contributed by atoms with Crippen LogP contribution in [0.4, 0.5) is 0 Å². The molecule has 0 atom stereocenters. The smallest absolute Gasteiger partial charge is 0.262 e. The average molecular weight is 437 g/mol. The molecule has 0 spiro atoms. The third-order valence-corrected chi connectivity index (χ3v) is 7.75. The van der Waals surface area contributed by atoms with Crippen molar-refractivity contribution in [3.63, 3.8) is 0 Å². The van der Waals surface area contributed by atoms with Gasteiger partial charge in [-0.2, -0.15) is 0 Å². The highest BCUT2D eigenvalue weighted by molar-refractivity contribution is 7.20. The highest BCUT2D eigenvalue weighted by Gasteiger charge is 2.25. The molecule has 3 aromatic rings. The van der Waals surface area contributed by atoms with Gasteiger partial charge >= 0.3 is 0 Å². The number of thiophene rings is 1. The molecule has 0 bridgehead atoms. The quantitative estimate of drug-likeness (QED) is 0.680. The first kappa shape index (κ1) is 20.4. The molecule has 1 aliphatic heterocycles. The Labute approximate surface area is 185 Å². The Bertz CT molecular complexity index is 1160. The third kappa shape index (κ3) is 4.04. The van der Waals surface area contributed by atoms with E-state index in [1.807, 2.05) is 17.6 Å². The van der Waals surface area contributed by atoms with E-state index >= 15 is 0 Å². The van der Waals surface area contributed by atoms with E-state index in [1.165, 1.54) is 29.7 Å². The molecule has 0 unspecified atom stereocenters. The molecular formula is C24H28N4O2S. The minimum absolute atomic E-state index is 0.00442. The fraction of sp³-hybridized carbons (Fsp3) is 0.458. The van der Waals surface area contributed by atoms with Crippen LogP contribution in [-0.4, -0.2) is 39.5 Å². The van der Waals surface area contributed by atoms with Crippen LogP contribution in [-0.2, 0) is 19.5 Å². The lowest BCUT2D eigenvalue weighted by atomic mass is 10.2. The molecule has 3 heterocycles. The van der Waals surface area contributed by atoms with E-state index < -0.39 is 0 Å². The highest BCUT2D eigenvalue weighted by Crippen LogP contribution is 2.29. The second-order valence-electron chi connectivity index (χ2n) is 8.69. The molecule has 2 aromatic heterocycles. The predicted octanol–water partition coefficient (Wildman–Crippen LogP) is 3.50. The van der Waals surface area contributed by atoms with Gasteiger partial charge < -0.3 is 5.32 Å². The fourth-order valence-electron chi connectivity index (χ4n) is 4.83. The van der Waals surface area contributed by atoms with E-state index in [0.29, 0.717) is 21.6 Å².